The topological polar surface area (TPSA) is 66.8 Å². The van der Waals surface area contributed by atoms with Crippen molar-refractivity contribution in [1.29, 1.82) is 0 Å². The first-order chi connectivity index (χ1) is 9.86. The first-order valence-electron chi connectivity index (χ1n) is 6.87. The third-order valence-electron chi connectivity index (χ3n) is 3.24. The van der Waals surface area contributed by atoms with E-state index in [9.17, 15) is 9.00 Å². The van der Waals surface area contributed by atoms with Gasteiger partial charge in [0.1, 0.15) is 16.7 Å². The Bertz CT molecular complexity index is 507. The number of aliphatic carboxylic acids is 1. The van der Waals surface area contributed by atoms with Gasteiger partial charge in [-0.25, -0.2) is 8.51 Å². The van der Waals surface area contributed by atoms with Gasteiger partial charge in [-0.1, -0.05) is 0 Å². The van der Waals surface area contributed by atoms with Crippen molar-refractivity contribution in [1.82, 2.24) is 4.31 Å². The molecule has 0 aliphatic heterocycles. The zero-order chi connectivity index (χ0) is 16.0. The molecule has 6 heteroatoms. The van der Waals surface area contributed by atoms with E-state index in [0.717, 1.165) is 21.8 Å². The van der Waals surface area contributed by atoms with E-state index in [1.54, 1.807) is 18.5 Å². The largest absolute Gasteiger partial charge is 0.497 e. The molecule has 0 saturated carbocycles. The number of ether oxygens (including phenoxy) is 1. The Balaban J connectivity index is 2.72. The Hall–Kier alpha value is -1.40. The summed E-state index contributed by atoms with van der Waals surface area (Å²) in [6.07, 6.45) is 1.46. The monoisotopic (exact) mass is 313 g/mol. The van der Waals surface area contributed by atoms with E-state index in [1.807, 2.05) is 26.0 Å². The van der Waals surface area contributed by atoms with Crippen molar-refractivity contribution in [3.8, 4) is 5.75 Å². The molecule has 0 saturated heterocycles. The zero-order valence-electron chi connectivity index (χ0n) is 13.0. The van der Waals surface area contributed by atoms with E-state index < -0.39 is 17.0 Å². The minimum absolute atomic E-state index is 0.154. The van der Waals surface area contributed by atoms with Crippen LogP contribution < -0.4 is 4.74 Å². The number of carbonyl (C=O) groups is 1. The Morgan fingerprint density at radius 1 is 1.29 bits per heavy atom. The summed E-state index contributed by atoms with van der Waals surface area (Å²) in [5, 5.41) is 8.60. The third kappa shape index (κ3) is 5.13. The van der Waals surface area contributed by atoms with Crippen molar-refractivity contribution in [2.45, 2.75) is 38.0 Å². The van der Waals surface area contributed by atoms with Crippen LogP contribution in [0.4, 0.5) is 0 Å². The smallest absolute Gasteiger partial charge is 0.303 e. The highest BCUT2D eigenvalue weighted by Crippen LogP contribution is 2.25. The van der Waals surface area contributed by atoms with Gasteiger partial charge in [0.25, 0.3) is 0 Å². The van der Waals surface area contributed by atoms with Crippen LogP contribution in [0.5, 0.6) is 5.75 Å². The van der Waals surface area contributed by atoms with Gasteiger partial charge in [0.05, 0.1) is 12.0 Å². The number of hydrogen-bond donors (Lipinski definition) is 1. The minimum Gasteiger partial charge on any atom is -0.497 e. The molecule has 5 nitrogen and oxygen atoms in total. The molecule has 1 unspecified atom stereocenters. The standard InChI is InChI=1S/C15H23NO4S/c1-11-9-13(20-4)10-12(2)15(11)21(19)16(3)8-6-5-7-14(17)18/h9-10H,5-8H2,1-4H3,(H,17,18). The third-order valence-corrected chi connectivity index (χ3v) is 4.98. The molecular weight excluding hydrogens is 290 g/mol. The Morgan fingerprint density at radius 2 is 1.86 bits per heavy atom. The van der Waals surface area contributed by atoms with Crippen LogP contribution in [-0.2, 0) is 15.8 Å². The molecule has 0 aromatic heterocycles. The molecule has 1 N–H and O–H groups in total. The molecule has 1 rings (SSSR count). The Morgan fingerprint density at radius 3 is 2.33 bits per heavy atom. The number of hydrogen-bond acceptors (Lipinski definition) is 3. The SMILES string of the molecule is COc1cc(C)c(S(=O)N(C)CCCCC(=O)O)c(C)c1. The van der Waals surface area contributed by atoms with E-state index in [2.05, 4.69) is 0 Å². The molecule has 0 fully saturated rings. The van der Waals surface area contributed by atoms with Crippen LogP contribution in [-0.4, -0.2) is 40.3 Å². The van der Waals surface area contributed by atoms with E-state index in [1.165, 1.54) is 0 Å². The Labute approximate surface area is 128 Å². The molecule has 1 aromatic carbocycles. The molecule has 0 spiro atoms. The van der Waals surface area contributed by atoms with Crippen molar-refractivity contribution in [2.24, 2.45) is 0 Å². The summed E-state index contributed by atoms with van der Waals surface area (Å²) >= 11 is 0. The maximum Gasteiger partial charge on any atom is 0.303 e. The van der Waals surface area contributed by atoms with Gasteiger partial charge in [-0.05, 0) is 49.9 Å². The summed E-state index contributed by atoms with van der Waals surface area (Å²) in [5.74, 6) is -0.0320. The molecule has 0 aliphatic carbocycles. The first-order valence-corrected chi connectivity index (χ1v) is 7.97. The maximum absolute atomic E-state index is 12.6. The highest BCUT2D eigenvalue weighted by atomic mass is 32.2. The maximum atomic E-state index is 12.6. The van der Waals surface area contributed by atoms with E-state index in [-0.39, 0.29) is 6.42 Å². The quantitative estimate of drug-likeness (QED) is 0.749. The van der Waals surface area contributed by atoms with Crippen molar-refractivity contribution in [3.63, 3.8) is 0 Å². The van der Waals surface area contributed by atoms with Gasteiger partial charge in [-0.2, -0.15) is 0 Å². The predicted octanol–water partition coefficient (Wildman–Crippen LogP) is 2.52. The molecule has 0 bridgehead atoms. The molecule has 0 radical (unpaired) electrons. The van der Waals surface area contributed by atoms with Gasteiger partial charge in [0.15, 0.2) is 0 Å². The predicted molar refractivity (Wildman–Crippen MR) is 83.0 cm³/mol. The lowest BCUT2D eigenvalue weighted by Gasteiger charge is -2.19. The van der Waals surface area contributed by atoms with Crippen molar-refractivity contribution in [3.05, 3.63) is 23.3 Å². The number of carboxylic acid groups (broad SMARTS) is 1. The van der Waals surface area contributed by atoms with E-state index >= 15 is 0 Å². The molecule has 1 aromatic rings. The lowest BCUT2D eigenvalue weighted by molar-refractivity contribution is -0.137. The normalized spacial score (nSPS) is 12.4. The molecule has 21 heavy (non-hydrogen) atoms. The molecule has 0 amide bonds. The van der Waals surface area contributed by atoms with Crippen molar-refractivity contribution in [2.75, 3.05) is 20.7 Å². The first kappa shape index (κ1) is 17.7. The molecule has 1 atom stereocenters. The van der Waals surface area contributed by atoms with Crippen molar-refractivity contribution >= 4 is 17.0 Å². The minimum atomic E-state index is -1.25. The summed E-state index contributed by atoms with van der Waals surface area (Å²) in [6, 6.07) is 3.75. The summed E-state index contributed by atoms with van der Waals surface area (Å²) in [7, 11) is 2.16. The zero-order valence-corrected chi connectivity index (χ0v) is 13.8. The van der Waals surface area contributed by atoms with Crippen LogP contribution in [0.3, 0.4) is 0 Å². The number of methoxy groups -OCH3 is 1. The second kappa shape index (κ2) is 8.14. The Kier molecular flexibility index (Phi) is 6.84. The number of nitrogens with zero attached hydrogens (tertiary/aromatic N) is 1. The fourth-order valence-electron chi connectivity index (χ4n) is 2.15. The lowest BCUT2D eigenvalue weighted by atomic mass is 10.1. The fourth-order valence-corrected chi connectivity index (χ4v) is 3.43. The summed E-state index contributed by atoms with van der Waals surface area (Å²) in [5.41, 5.74) is 1.87. The molecular formula is C15H23NO4S. The van der Waals surface area contributed by atoms with Crippen LogP contribution in [0.1, 0.15) is 30.4 Å². The van der Waals surface area contributed by atoms with Gasteiger partial charge in [-0.15, -0.1) is 0 Å². The van der Waals surface area contributed by atoms with Crippen LogP contribution in [0.2, 0.25) is 0 Å². The van der Waals surface area contributed by atoms with Gasteiger partial charge >= 0.3 is 5.97 Å². The highest BCUT2D eigenvalue weighted by Gasteiger charge is 2.16. The number of aryl methyl sites for hydroxylation is 2. The lowest BCUT2D eigenvalue weighted by Crippen LogP contribution is -2.24. The van der Waals surface area contributed by atoms with E-state index in [4.69, 9.17) is 9.84 Å². The average molecular weight is 313 g/mol. The van der Waals surface area contributed by atoms with Crippen LogP contribution >= 0.6 is 0 Å². The second-order valence-corrected chi connectivity index (χ2v) is 6.57. The van der Waals surface area contributed by atoms with Gasteiger partial charge in [0, 0.05) is 20.0 Å². The summed E-state index contributed by atoms with van der Waals surface area (Å²) < 4.78 is 19.6. The van der Waals surface area contributed by atoms with Gasteiger partial charge in [0.2, 0.25) is 0 Å². The highest BCUT2D eigenvalue weighted by molar-refractivity contribution is 7.82. The molecule has 118 valence electrons. The summed E-state index contributed by atoms with van der Waals surface area (Å²) in [6.45, 7) is 4.44. The van der Waals surface area contributed by atoms with Gasteiger partial charge in [-0.3, -0.25) is 4.79 Å². The van der Waals surface area contributed by atoms with Crippen LogP contribution in [0.25, 0.3) is 0 Å². The molecule has 0 heterocycles. The number of rotatable bonds is 8. The van der Waals surface area contributed by atoms with Crippen LogP contribution in [0, 0.1) is 13.8 Å². The summed E-state index contributed by atoms with van der Waals surface area (Å²) in [4.78, 5) is 11.3. The molecule has 0 aliphatic rings. The average Bonchev–Trinajstić information content (AvgIpc) is 2.41. The van der Waals surface area contributed by atoms with Crippen molar-refractivity contribution < 1.29 is 18.8 Å². The number of benzene rings is 1. The fraction of sp³-hybridized carbons (Fsp3) is 0.533. The number of unbranched alkanes of at least 4 members (excludes halogenated alkanes) is 1. The second-order valence-electron chi connectivity index (χ2n) is 5.04. The number of carboxylic acids is 1. The van der Waals surface area contributed by atoms with Gasteiger partial charge < -0.3 is 9.84 Å². The van der Waals surface area contributed by atoms with Crippen LogP contribution in [0.15, 0.2) is 17.0 Å². The van der Waals surface area contributed by atoms with E-state index in [0.29, 0.717) is 19.4 Å².